The molecule has 0 saturated carbocycles. The first kappa shape index (κ1) is 19.6. The molecule has 28 heavy (non-hydrogen) atoms. The molecule has 6 heteroatoms. The smallest absolute Gasteiger partial charge is 0.319 e. The van der Waals surface area contributed by atoms with Crippen molar-refractivity contribution in [2.24, 2.45) is 0 Å². The van der Waals surface area contributed by atoms with E-state index in [1.807, 2.05) is 6.07 Å². The van der Waals surface area contributed by atoms with Crippen molar-refractivity contribution >= 4 is 17.3 Å². The summed E-state index contributed by atoms with van der Waals surface area (Å²) in [7, 11) is 4.81. The molecule has 0 radical (unpaired) electrons. The van der Waals surface area contributed by atoms with Gasteiger partial charge in [-0.1, -0.05) is 12.1 Å². The SMILES string of the molecule is COc1ccc(NC(=O)NCC=C2CCCc3ccc(OC)cc32)c(OC)c1. The van der Waals surface area contributed by atoms with Gasteiger partial charge in [-0.25, -0.2) is 4.79 Å². The Morgan fingerprint density at radius 2 is 1.75 bits per heavy atom. The second-order valence-electron chi connectivity index (χ2n) is 6.51. The Morgan fingerprint density at radius 1 is 1.00 bits per heavy atom. The minimum Gasteiger partial charge on any atom is -0.497 e. The number of aryl methyl sites for hydroxylation is 1. The third-order valence-corrected chi connectivity index (χ3v) is 4.82. The second-order valence-corrected chi connectivity index (χ2v) is 6.51. The lowest BCUT2D eigenvalue weighted by Gasteiger charge is -2.20. The summed E-state index contributed by atoms with van der Waals surface area (Å²) in [5, 5.41) is 5.68. The van der Waals surface area contributed by atoms with E-state index in [1.165, 1.54) is 16.7 Å². The van der Waals surface area contributed by atoms with Crippen LogP contribution in [0.5, 0.6) is 17.2 Å². The van der Waals surface area contributed by atoms with Gasteiger partial charge in [0.05, 0.1) is 27.0 Å². The molecule has 0 fully saturated rings. The highest BCUT2D eigenvalue weighted by Crippen LogP contribution is 2.33. The highest BCUT2D eigenvalue weighted by Gasteiger charge is 2.15. The van der Waals surface area contributed by atoms with Crippen LogP contribution in [-0.2, 0) is 6.42 Å². The van der Waals surface area contributed by atoms with Gasteiger partial charge >= 0.3 is 6.03 Å². The van der Waals surface area contributed by atoms with Gasteiger partial charge in [-0.05, 0) is 60.2 Å². The summed E-state index contributed by atoms with van der Waals surface area (Å²) in [6.45, 7) is 0.441. The van der Waals surface area contributed by atoms with Gasteiger partial charge in [0.2, 0.25) is 0 Å². The fourth-order valence-corrected chi connectivity index (χ4v) is 3.35. The molecule has 0 atom stereocenters. The molecule has 1 aliphatic carbocycles. The first-order chi connectivity index (χ1) is 13.6. The molecule has 2 aromatic carbocycles. The third kappa shape index (κ3) is 4.57. The van der Waals surface area contributed by atoms with Gasteiger partial charge in [0.1, 0.15) is 17.2 Å². The second kappa shape index (κ2) is 9.17. The first-order valence-electron chi connectivity index (χ1n) is 9.27. The topological polar surface area (TPSA) is 68.8 Å². The van der Waals surface area contributed by atoms with Crippen molar-refractivity contribution < 1.29 is 19.0 Å². The summed E-state index contributed by atoms with van der Waals surface area (Å²) in [5.41, 5.74) is 4.36. The zero-order chi connectivity index (χ0) is 19.9. The van der Waals surface area contributed by atoms with Crippen LogP contribution in [0.1, 0.15) is 24.0 Å². The van der Waals surface area contributed by atoms with Gasteiger partial charge in [0.15, 0.2) is 0 Å². The van der Waals surface area contributed by atoms with Crippen molar-refractivity contribution in [3.05, 3.63) is 53.6 Å². The number of ether oxygens (including phenoxy) is 3. The molecule has 0 aliphatic heterocycles. The number of methoxy groups -OCH3 is 3. The van der Waals surface area contributed by atoms with Crippen LogP contribution < -0.4 is 24.8 Å². The summed E-state index contributed by atoms with van der Waals surface area (Å²) in [4.78, 5) is 12.3. The van der Waals surface area contributed by atoms with Crippen LogP contribution in [0.2, 0.25) is 0 Å². The zero-order valence-corrected chi connectivity index (χ0v) is 16.5. The number of anilines is 1. The maximum absolute atomic E-state index is 12.3. The molecular formula is C22H26N2O4. The minimum absolute atomic E-state index is 0.290. The van der Waals surface area contributed by atoms with Crippen LogP contribution in [0.15, 0.2) is 42.5 Å². The molecule has 2 N–H and O–H groups in total. The number of allylic oxidation sites excluding steroid dienone is 1. The molecule has 6 nitrogen and oxygen atoms in total. The summed E-state index contributed by atoms with van der Waals surface area (Å²) in [6.07, 6.45) is 5.25. The number of urea groups is 1. The van der Waals surface area contributed by atoms with Crippen LogP contribution in [0, 0.1) is 0 Å². The van der Waals surface area contributed by atoms with E-state index in [0.29, 0.717) is 23.7 Å². The van der Waals surface area contributed by atoms with Crippen molar-refractivity contribution in [1.82, 2.24) is 5.32 Å². The summed E-state index contributed by atoms with van der Waals surface area (Å²) >= 11 is 0. The van der Waals surface area contributed by atoms with Gasteiger partial charge in [0, 0.05) is 12.6 Å². The maximum Gasteiger partial charge on any atom is 0.319 e. The van der Waals surface area contributed by atoms with Crippen molar-refractivity contribution in [2.75, 3.05) is 33.2 Å². The van der Waals surface area contributed by atoms with E-state index in [2.05, 4.69) is 28.8 Å². The van der Waals surface area contributed by atoms with E-state index in [9.17, 15) is 4.79 Å². The predicted molar refractivity (Wildman–Crippen MR) is 110 cm³/mol. The van der Waals surface area contributed by atoms with E-state index in [0.717, 1.165) is 25.0 Å². The van der Waals surface area contributed by atoms with Crippen molar-refractivity contribution in [3.8, 4) is 17.2 Å². The van der Waals surface area contributed by atoms with Gasteiger partial charge in [-0.2, -0.15) is 0 Å². The van der Waals surface area contributed by atoms with Crippen molar-refractivity contribution in [2.45, 2.75) is 19.3 Å². The fraction of sp³-hybridized carbons (Fsp3) is 0.318. The van der Waals surface area contributed by atoms with Crippen LogP contribution in [0.25, 0.3) is 5.57 Å². The van der Waals surface area contributed by atoms with Crippen LogP contribution in [-0.4, -0.2) is 33.9 Å². The number of amides is 2. The van der Waals surface area contributed by atoms with E-state index < -0.39 is 0 Å². The van der Waals surface area contributed by atoms with Crippen LogP contribution in [0.3, 0.4) is 0 Å². The van der Waals surface area contributed by atoms with E-state index in [1.54, 1.807) is 39.5 Å². The van der Waals surface area contributed by atoms with Gasteiger partial charge < -0.3 is 24.8 Å². The average Bonchev–Trinajstić information content (AvgIpc) is 2.73. The standard InChI is InChI=1S/C22H26N2O4/c1-26-17-8-7-15-5-4-6-16(19(15)13-17)11-12-23-22(25)24-20-10-9-18(27-2)14-21(20)28-3/h7-11,13-14H,4-6,12H2,1-3H3,(H2,23,24,25). The molecule has 0 saturated heterocycles. The Balaban J connectivity index is 1.63. The largest absolute Gasteiger partial charge is 0.497 e. The molecule has 0 heterocycles. The Hall–Kier alpha value is -3.15. The average molecular weight is 382 g/mol. The molecule has 3 rings (SSSR count). The van der Waals surface area contributed by atoms with Crippen molar-refractivity contribution in [3.63, 3.8) is 0 Å². The lowest BCUT2D eigenvalue weighted by Crippen LogP contribution is -2.29. The zero-order valence-electron chi connectivity index (χ0n) is 16.5. The molecule has 148 valence electrons. The molecule has 2 aromatic rings. The minimum atomic E-state index is -0.290. The van der Waals surface area contributed by atoms with Crippen LogP contribution in [0.4, 0.5) is 10.5 Å². The van der Waals surface area contributed by atoms with E-state index >= 15 is 0 Å². The number of nitrogens with one attached hydrogen (secondary N) is 2. The molecular weight excluding hydrogens is 356 g/mol. The van der Waals surface area contributed by atoms with Crippen LogP contribution >= 0.6 is 0 Å². The Kier molecular flexibility index (Phi) is 6.42. The number of benzene rings is 2. The normalized spacial score (nSPS) is 14.2. The van der Waals surface area contributed by atoms with Gasteiger partial charge in [-0.15, -0.1) is 0 Å². The Bertz CT molecular complexity index is 877. The first-order valence-corrected chi connectivity index (χ1v) is 9.27. The number of rotatable bonds is 6. The Labute approximate surface area is 165 Å². The summed E-state index contributed by atoms with van der Waals surface area (Å²) < 4.78 is 15.8. The Morgan fingerprint density at radius 3 is 2.50 bits per heavy atom. The van der Waals surface area contributed by atoms with E-state index in [-0.39, 0.29) is 6.03 Å². The third-order valence-electron chi connectivity index (χ3n) is 4.82. The number of carbonyl (C=O) groups excluding carboxylic acids is 1. The van der Waals surface area contributed by atoms with Crippen molar-refractivity contribution in [1.29, 1.82) is 0 Å². The number of hydrogen-bond acceptors (Lipinski definition) is 4. The molecule has 2 amide bonds. The lowest BCUT2D eigenvalue weighted by atomic mass is 9.87. The monoisotopic (exact) mass is 382 g/mol. The van der Waals surface area contributed by atoms with Gasteiger partial charge in [0.25, 0.3) is 0 Å². The molecule has 0 spiro atoms. The van der Waals surface area contributed by atoms with E-state index in [4.69, 9.17) is 14.2 Å². The highest BCUT2D eigenvalue weighted by molar-refractivity contribution is 5.91. The highest BCUT2D eigenvalue weighted by atomic mass is 16.5. The molecule has 0 bridgehead atoms. The maximum atomic E-state index is 12.3. The number of hydrogen-bond donors (Lipinski definition) is 2. The number of carbonyl (C=O) groups is 1. The predicted octanol–water partition coefficient (Wildman–Crippen LogP) is 4.25. The molecule has 0 aromatic heterocycles. The molecule has 1 aliphatic rings. The van der Waals surface area contributed by atoms with Gasteiger partial charge in [-0.3, -0.25) is 0 Å². The lowest BCUT2D eigenvalue weighted by molar-refractivity contribution is 0.253. The molecule has 0 unspecified atom stereocenters. The quantitative estimate of drug-likeness (QED) is 0.784. The summed E-state index contributed by atoms with van der Waals surface area (Å²) in [5.74, 6) is 2.06. The summed E-state index contributed by atoms with van der Waals surface area (Å²) in [6, 6.07) is 11.1. The fourth-order valence-electron chi connectivity index (χ4n) is 3.35. The number of fused-ring (bicyclic) bond motifs is 1.